The third-order valence-electron chi connectivity index (χ3n) is 1.30. The van der Waals surface area contributed by atoms with Gasteiger partial charge < -0.3 is 21.3 Å². The molecule has 0 fully saturated rings. The summed E-state index contributed by atoms with van der Waals surface area (Å²) >= 11 is 0. The van der Waals surface area contributed by atoms with Crippen molar-refractivity contribution in [2.24, 2.45) is 11.5 Å². The number of hydrogen-bond acceptors (Lipinski definition) is 5. The van der Waals surface area contributed by atoms with E-state index < -0.39 is 17.2 Å². The molecule has 0 aromatic heterocycles. The zero-order valence-electron chi connectivity index (χ0n) is 8.33. The van der Waals surface area contributed by atoms with E-state index in [1.807, 2.05) is 0 Å². The number of esters is 1. The fraction of sp³-hybridized carbons (Fsp3) is 0.875. The molecule has 0 aromatic carbocycles. The van der Waals surface area contributed by atoms with Crippen LogP contribution >= 0.6 is 0 Å². The Morgan fingerprint density at radius 2 is 1.85 bits per heavy atom. The molecule has 78 valence electrons. The van der Waals surface area contributed by atoms with E-state index in [4.69, 9.17) is 21.3 Å². The quantitative estimate of drug-likeness (QED) is 0.404. The number of aliphatic hydroxyl groups is 1. The molecule has 0 aromatic rings. The van der Waals surface area contributed by atoms with Gasteiger partial charge in [-0.15, -0.1) is 0 Å². The Morgan fingerprint density at radius 3 is 2.15 bits per heavy atom. The van der Waals surface area contributed by atoms with Crippen molar-refractivity contribution in [2.75, 3.05) is 6.61 Å². The monoisotopic (exact) mass is 190 g/mol. The van der Waals surface area contributed by atoms with E-state index in [1.165, 1.54) is 0 Å². The molecule has 0 amide bonds. The van der Waals surface area contributed by atoms with Gasteiger partial charge in [0.2, 0.25) is 0 Å². The third kappa shape index (κ3) is 4.82. The second-order valence-electron chi connectivity index (χ2n) is 4.02. The lowest BCUT2D eigenvalue weighted by molar-refractivity contribution is -0.162. The van der Waals surface area contributed by atoms with Crippen molar-refractivity contribution in [1.29, 1.82) is 0 Å². The molecule has 13 heavy (non-hydrogen) atoms. The number of rotatable bonds is 3. The van der Waals surface area contributed by atoms with Crippen molar-refractivity contribution in [2.45, 2.75) is 38.5 Å². The van der Waals surface area contributed by atoms with Crippen molar-refractivity contribution in [3.05, 3.63) is 0 Å². The van der Waals surface area contributed by atoms with Crippen molar-refractivity contribution in [3.8, 4) is 0 Å². The maximum atomic E-state index is 11.3. The van der Waals surface area contributed by atoms with Crippen molar-refractivity contribution in [1.82, 2.24) is 0 Å². The zero-order valence-corrected chi connectivity index (χ0v) is 8.33. The van der Waals surface area contributed by atoms with E-state index in [-0.39, 0.29) is 13.0 Å². The molecule has 0 unspecified atom stereocenters. The van der Waals surface area contributed by atoms with Crippen molar-refractivity contribution < 1.29 is 14.6 Å². The number of carbonyl (C=O) groups is 1. The van der Waals surface area contributed by atoms with E-state index >= 15 is 0 Å². The second kappa shape index (κ2) is 4.04. The Morgan fingerprint density at radius 1 is 1.38 bits per heavy atom. The predicted octanol–water partition coefficient (Wildman–Crippen LogP) is -0.676. The number of aliphatic hydroxyl groups excluding tert-OH is 1. The molecule has 0 heterocycles. The van der Waals surface area contributed by atoms with Crippen LogP contribution in [0.15, 0.2) is 0 Å². The summed E-state index contributed by atoms with van der Waals surface area (Å²) < 4.78 is 4.96. The van der Waals surface area contributed by atoms with Gasteiger partial charge in [-0.1, -0.05) is 0 Å². The van der Waals surface area contributed by atoms with E-state index in [0.717, 1.165) is 0 Å². The first kappa shape index (κ1) is 12.3. The molecular formula is C8H18N2O3. The van der Waals surface area contributed by atoms with Crippen LogP contribution in [0, 0.1) is 0 Å². The molecule has 0 aliphatic carbocycles. The molecule has 0 rings (SSSR count). The normalized spacial score (nSPS) is 12.8. The van der Waals surface area contributed by atoms with Gasteiger partial charge in [0.15, 0.2) is 5.66 Å². The van der Waals surface area contributed by atoms with Crippen LogP contribution < -0.4 is 11.5 Å². The van der Waals surface area contributed by atoms with Crippen molar-refractivity contribution in [3.63, 3.8) is 0 Å². The summed E-state index contributed by atoms with van der Waals surface area (Å²) in [7, 11) is 0. The highest BCUT2D eigenvalue weighted by atomic mass is 16.6. The highest BCUT2D eigenvalue weighted by Crippen LogP contribution is 2.11. The molecule has 0 aliphatic rings. The summed E-state index contributed by atoms with van der Waals surface area (Å²) in [5.41, 5.74) is 8.63. The van der Waals surface area contributed by atoms with Gasteiger partial charge in [0, 0.05) is 13.0 Å². The molecule has 0 radical (unpaired) electrons. The molecule has 5 heteroatoms. The topological polar surface area (TPSA) is 98.6 Å². The van der Waals surface area contributed by atoms with Gasteiger partial charge in [0.1, 0.15) is 5.60 Å². The van der Waals surface area contributed by atoms with E-state index in [9.17, 15) is 4.79 Å². The highest BCUT2D eigenvalue weighted by Gasteiger charge is 2.33. The zero-order chi connectivity index (χ0) is 10.7. The Labute approximate surface area is 78.0 Å². The third-order valence-corrected chi connectivity index (χ3v) is 1.30. The van der Waals surface area contributed by atoms with Gasteiger partial charge in [-0.25, -0.2) is 4.79 Å². The number of hydrogen-bond donors (Lipinski definition) is 3. The molecule has 0 atom stereocenters. The largest absolute Gasteiger partial charge is 0.458 e. The maximum Gasteiger partial charge on any atom is 0.341 e. The molecule has 0 bridgehead atoms. The Kier molecular flexibility index (Phi) is 3.84. The van der Waals surface area contributed by atoms with Gasteiger partial charge in [0.25, 0.3) is 0 Å². The molecule has 5 nitrogen and oxygen atoms in total. The van der Waals surface area contributed by atoms with Crippen LogP contribution in [0.1, 0.15) is 27.2 Å². The second-order valence-corrected chi connectivity index (χ2v) is 4.02. The minimum Gasteiger partial charge on any atom is -0.458 e. The molecular weight excluding hydrogens is 172 g/mol. The standard InChI is InChI=1S/C8H18N2O3/c1-7(2,3)13-6(12)8(9,10)4-5-11/h11H,4-5,9-10H2,1-3H3. The summed E-state index contributed by atoms with van der Waals surface area (Å²) in [4.78, 5) is 11.3. The minimum atomic E-state index is -1.60. The first-order valence-electron chi connectivity index (χ1n) is 4.11. The predicted molar refractivity (Wildman–Crippen MR) is 48.7 cm³/mol. The van der Waals surface area contributed by atoms with Crippen LogP contribution in [-0.4, -0.2) is 28.9 Å². The average Bonchev–Trinajstić information content (AvgIpc) is 1.82. The summed E-state index contributed by atoms with van der Waals surface area (Å²) in [5.74, 6) is -0.700. The highest BCUT2D eigenvalue weighted by molar-refractivity contribution is 5.80. The van der Waals surface area contributed by atoms with Crippen molar-refractivity contribution >= 4 is 5.97 Å². The lowest BCUT2D eigenvalue weighted by Gasteiger charge is -2.27. The minimum absolute atomic E-state index is 0.0120. The van der Waals surface area contributed by atoms with E-state index in [1.54, 1.807) is 20.8 Å². The number of ether oxygens (including phenoxy) is 1. The Bertz CT molecular complexity index is 184. The Hall–Kier alpha value is -0.650. The van der Waals surface area contributed by atoms with Gasteiger partial charge in [0.05, 0.1) is 0 Å². The average molecular weight is 190 g/mol. The lowest BCUT2D eigenvalue weighted by Crippen LogP contribution is -2.59. The van der Waals surface area contributed by atoms with Crippen LogP contribution in [0.4, 0.5) is 0 Å². The number of nitrogens with two attached hydrogens (primary N) is 2. The summed E-state index contributed by atoms with van der Waals surface area (Å²) in [6.45, 7) is 4.92. The van der Waals surface area contributed by atoms with Gasteiger partial charge in [-0.2, -0.15) is 0 Å². The fourth-order valence-electron chi connectivity index (χ4n) is 0.660. The fourth-order valence-corrected chi connectivity index (χ4v) is 0.660. The SMILES string of the molecule is CC(C)(C)OC(=O)C(N)(N)CCO. The van der Waals surface area contributed by atoms with E-state index in [0.29, 0.717) is 0 Å². The molecule has 0 spiro atoms. The van der Waals surface area contributed by atoms with Crippen LogP contribution in [-0.2, 0) is 9.53 Å². The molecule has 5 N–H and O–H groups in total. The van der Waals surface area contributed by atoms with Crippen LogP contribution in [0.3, 0.4) is 0 Å². The van der Waals surface area contributed by atoms with Gasteiger partial charge in [-0.3, -0.25) is 0 Å². The first-order valence-corrected chi connectivity index (χ1v) is 4.11. The summed E-state index contributed by atoms with van der Waals surface area (Å²) in [6.07, 6.45) is -0.0120. The molecule has 0 saturated heterocycles. The van der Waals surface area contributed by atoms with Crippen LogP contribution in [0.5, 0.6) is 0 Å². The summed E-state index contributed by atoms with van der Waals surface area (Å²) in [5, 5.41) is 8.58. The first-order chi connectivity index (χ1) is 5.69. The van der Waals surface area contributed by atoms with Crippen LogP contribution in [0.25, 0.3) is 0 Å². The van der Waals surface area contributed by atoms with E-state index in [2.05, 4.69) is 0 Å². The summed E-state index contributed by atoms with van der Waals surface area (Å²) in [6, 6.07) is 0. The maximum absolute atomic E-state index is 11.3. The molecule has 0 saturated carbocycles. The lowest BCUT2D eigenvalue weighted by atomic mass is 10.1. The van der Waals surface area contributed by atoms with Gasteiger partial charge in [-0.05, 0) is 20.8 Å². The van der Waals surface area contributed by atoms with Gasteiger partial charge >= 0.3 is 5.97 Å². The number of carbonyl (C=O) groups excluding carboxylic acids is 1. The molecule has 0 aliphatic heterocycles. The Balaban J connectivity index is 4.25. The van der Waals surface area contributed by atoms with Crippen LogP contribution in [0.2, 0.25) is 0 Å². The smallest absolute Gasteiger partial charge is 0.341 e.